The second-order valence-electron chi connectivity index (χ2n) is 5.80. The summed E-state index contributed by atoms with van der Waals surface area (Å²) in [6.07, 6.45) is 3.37. The number of amides is 1. The Morgan fingerprint density at radius 1 is 1.35 bits per heavy atom. The SMILES string of the molecule is CCC1(CC)CCN(C(=O)c2n[nH]c3ccccc23)C1. The van der Waals surface area contributed by atoms with Gasteiger partial charge in [0.2, 0.25) is 0 Å². The van der Waals surface area contributed by atoms with Gasteiger partial charge in [-0.05, 0) is 30.7 Å². The van der Waals surface area contributed by atoms with Crippen molar-refractivity contribution in [2.24, 2.45) is 5.41 Å². The van der Waals surface area contributed by atoms with Gasteiger partial charge in [0.1, 0.15) is 0 Å². The van der Waals surface area contributed by atoms with E-state index in [2.05, 4.69) is 24.0 Å². The topological polar surface area (TPSA) is 49.0 Å². The van der Waals surface area contributed by atoms with Gasteiger partial charge in [-0.3, -0.25) is 9.89 Å². The molecule has 4 nitrogen and oxygen atoms in total. The van der Waals surface area contributed by atoms with E-state index in [1.165, 1.54) is 0 Å². The van der Waals surface area contributed by atoms with E-state index in [4.69, 9.17) is 0 Å². The highest BCUT2D eigenvalue weighted by Gasteiger charge is 2.38. The van der Waals surface area contributed by atoms with Crippen molar-refractivity contribution in [3.8, 4) is 0 Å². The highest BCUT2D eigenvalue weighted by atomic mass is 16.2. The fourth-order valence-electron chi connectivity index (χ4n) is 3.21. The number of aromatic nitrogens is 2. The number of likely N-dealkylation sites (tertiary alicyclic amines) is 1. The quantitative estimate of drug-likeness (QED) is 0.931. The number of fused-ring (bicyclic) bond motifs is 1. The average Bonchev–Trinajstić information content (AvgIpc) is 3.11. The Kier molecular flexibility index (Phi) is 3.24. The first-order chi connectivity index (χ1) is 9.69. The molecule has 2 aromatic rings. The van der Waals surface area contributed by atoms with Crippen molar-refractivity contribution in [3.05, 3.63) is 30.0 Å². The normalized spacial score (nSPS) is 17.8. The third-order valence-corrected chi connectivity index (χ3v) is 4.90. The summed E-state index contributed by atoms with van der Waals surface area (Å²) in [5.41, 5.74) is 1.79. The molecule has 1 aliphatic heterocycles. The summed E-state index contributed by atoms with van der Waals surface area (Å²) < 4.78 is 0. The third-order valence-electron chi connectivity index (χ3n) is 4.90. The smallest absolute Gasteiger partial charge is 0.275 e. The van der Waals surface area contributed by atoms with Gasteiger partial charge in [-0.1, -0.05) is 32.0 Å². The Bertz CT molecular complexity index is 627. The fraction of sp³-hybridized carbons (Fsp3) is 0.500. The van der Waals surface area contributed by atoms with Gasteiger partial charge in [0.25, 0.3) is 5.91 Å². The van der Waals surface area contributed by atoms with Gasteiger partial charge in [0, 0.05) is 18.5 Å². The van der Waals surface area contributed by atoms with Crippen LogP contribution in [0.1, 0.15) is 43.6 Å². The van der Waals surface area contributed by atoms with E-state index in [-0.39, 0.29) is 5.91 Å². The Balaban J connectivity index is 1.87. The number of nitrogens with zero attached hydrogens (tertiary/aromatic N) is 2. The van der Waals surface area contributed by atoms with Crippen molar-refractivity contribution in [1.29, 1.82) is 0 Å². The number of rotatable bonds is 3. The Morgan fingerprint density at radius 3 is 2.80 bits per heavy atom. The van der Waals surface area contributed by atoms with E-state index in [9.17, 15) is 4.79 Å². The molecule has 0 radical (unpaired) electrons. The summed E-state index contributed by atoms with van der Waals surface area (Å²) in [6, 6.07) is 7.80. The number of nitrogens with one attached hydrogen (secondary N) is 1. The third kappa shape index (κ3) is 1.99. The molecule has 106 valence electrons. The van der Waals surface area contributed by atoms with Crippen molar-refractivity contribution in [3.63, 3.8) is 0 Å². The minimum atomic E-state index is 0.0613. The number of benzene rings is 1. The van der Waals surface area contributed by atoms with Crippen LogP contribution in [0.5, 0.6) is 0 Å². The van der Waals surface area contributed by atoms with Crippen molar-refractivity contribution < 1.29 is 4.79 Å². The Labute approximate surface area is 119 Å². The summed E-state index contributed by atoms with van der Waals surface area (Å²) in [5, 5.41) is 8.09. The lowest BCUT2D eigenvalue weighted by Crippen LogP contribution is -2.32. The predicted octanol–water partition coefficient (Wildman–Crippen LogP) is 3.22. The number of hydrogen-bond donors (Lipinski definition) is 1. The van der Waals surface area contributed by atoms with Crippen LogP contribution in [0, 0.1) is 5.41 Å². The monoisotopic (exact) mass is 271 g/mol. The predicted molar refractivity (Wildman–Crippen MR) is 79.6 cm³/mol. The second-order valence-corrected chi connectivity index (χ2v) is 5.80. The number of hydrogen-bond acceptors (Lipinski definition) is 2. The number of H-pyrrole nitrogens is 1. The molecule has 1 aromatic carbocycles. The summed E-state index contributed by atoms with van der Waals surface area (Å²) in [5.74, 6) is 0.0613. The van der Waals surface area contributed by atoms with E-state index >= 15 is 0 Å². The molecule has 3 rings (SSSR count). The van der Waals surface area contributed by atoms with Crippen molar-refractivity contribution >= 4 is 16.8 Å². The summed E-state index contributed by atoms with van der Waals surface area (Å²) >= 11 is 0. The van der Waals surface area contributed by atoms with Crippen LogP contribution in [0.25, 0.3) is 10.9 Å². The van der Waals surface area contributed by atoms with Crippen LogP contribution >= 0.6 is 0 Å². The zero-order valence-corrected chi connectivity index (χ0v) is 12.1. The standard InChI is InChI=1S/C16H21N3O/c1-3-16(4-2)9-10-19(11-16)15(20)14-12-7-5-6-8-13(12)17-18-14/h5-8H,3-4,9-11H2,1-2H3,(H,17,18). The second kappa shape index (κ2) is 4.93. The fourth-order valence-corrected chi connectivity index (χ4v) is 3.21. The number of carbonyl (C=O) groups excluding carboxylic acids is 1. The Hall–Kier alpha value is -1.84. The van der Waals surface area contributed by atoms with Crippen LogP contribution in [0.15, 0.2) is 24.3 Å². The molecule has 0 spiro atoms. The first kappa shape index (κ1) is 13.2. The van der Waals surface area contributed by atoms with Crippen LogP contribution in [0.4, 0.5) is 0 Å². The average molecular weight is 271 g/mol. The molecule has 0 aliphatic carbocycles. The maximum atomic E-state index is 12.7. The Morgan fingerprint density at radius 2 is 2.10 bits per heavy atom. The summed E-state index contributed by atoms with van der Waals surface area (Å²) in [7, 11) is 0. The van der Waals surface area contributed by atoms with Gasteiger partial charge in [0.05, 0.1) is 5.52 Å². The van der Waals surface area contributed by atoms with Crippen LogP contribution in [0.3, 0.4) is 0 Å². The van der Waals surface area contributed by atoms with Crippen LogP contribution in [-0.2, 0) is 0 Å². The van der Waals surface area contributed by atoms with Gasteiger partial charge in [-0.15, -0.1) is 0 Å². The maximum absolute atomic E-state index is 12.7. The largest absolute Gasteiger partial charge is 0.337 e. The van der Waals surface area contributed by atoms with E-state index < -0.39 is 0 Å². The zero-order valence-electron chi connectivity index (χ0n) is 12.1. The highest BCUT2D eigenvalue weighted by molar-refractivity contribution is 6.04. The number of carbonyl (C=O) groups is 1. The van der Waals surface area contributed by atoms with Crippen molar-refractivity contribution in [2.75, 3.05) is 13.1 Å². The molecule has 4 heteroatoms. The molecule has 0 bridgehead atoms. The first-order valence-electron chi connectivity index (χ1n) is 7.41. The molecular weight excluding hydrogens is 250 g/mol. The van der Waals surface area contributed by atoms with Gasteiger partial charge < -0.3 is 4.90 Å². The number of aromatic amines is 1. The van der Waals surface area contributed by atoms with Crippen molar-refractivity contribution in [1.82, 2.24) is 15.1 Å². The summed E-state index contributed by atoms with van der Waals surface area (Å²) in [6.45, 7) is 6.16. The minimum absolute atomic E-state index is 0.0613. The lowest BCUT2D eigenvalue weighted by atomic mass is 9.82. The van der Waals surface area contributed by atoms with Gasteiger partial charge in [-0.25, -0.2) is 0 Å². The van der Waals surface area contributed by atoms with Crippen molar-refractivity contribution in [2.45, 2.75) is 33.1 Å². The lowest BCUT2D eigenvalue weighted by Gasteiger charge is -2.26. The van der Waals surface area contributed by atoms with E-state index in [0.29, 0.717) is 11.1 Å². The molecule has 1 amide bonds. The first-order valence-corrected chi connectivity index (χ1v) is 7.41. The molecule has 1 N–H and O–H groups in total. The van der Waals surface area contributed by atoms with Gasteiger partial charge >= 0.3 is 0 Å². The van der Waals surface area contributed by atoms with Gasteiger partial charge in [-0.2, -0.15) is 5.10 Å². The van der Waals surface area contributed by atoms with Crippen LogP contribution < -0.4 is 0 Å². The maximum Gasteiger partial charge on any atom is 0.275 e. The molecule has 1 fully saturated rings. The molecule has 20 heavy (non-hydrogen) atoms. The van der Waals surface area contributed by atoms with E-state index in [1.807, 2.05) is 29.2 Å². The van der Waals surface area contributed by atoms with E-state index in [1.54, 1.807) is 0 Å². The molecule has 1 aliphatic rings. The molecular formula is C16H21N3O. The lowest BCUT2D eigenvalue weighted by molar-refractivity contribution is 0.0766. The molecule has 1 saturated heterocycles. The van der Waals surface area contributed by atoms with Gasteiger partial charge in [0.15, 0.2) is 5.69 Å². The molecule has 0 atom stereocenters. The summed E-state index contributed by atoms with van der Waals surface area (Å²) in [4.78, 5) is 14.7. The molecule has 0 unspecified atom stereocenters. The molecule has 2 heterocycles. The van der Waals surface area contributed by atoms with E-state index in [0.717, 1.165) is 43.3 Å². The molecule has 0 saturated carbocycles. The minimum Gasteiger partial charge on any atom is -0.337 e. The highest BCUT2D eigenvalue weighted by Crippen LogP contribution is 2.37. The zero-order chi connectivity index (χ0) is 14.2. The molecule has 1 aromatic heterocycles. The number of para-hydroxylation sites is 1. The van der Waals surface area contributed by atoms with Crippen LogP contribution in [-0.4, -0.2) is 34.1 Å². The van der Waals surface area contributed by atoms with Crippen LogP contribution in [0.2, 0.25) is 0 Å².